The monoisotopic (exact) mass is 235 g/mol. The second-order valence-electron chi connectivity index (χ2n) is 3.96. The lowest BCUT2D eigenvalue weighted by molar-refractivity contribution is 0.190. The van der Waals surface area contributed by atoms with E-state index in [1.807, 2.05) is 29.7 Å². The van der Waals surface area contributed by atoms with Gasteiger partial charge in [-0.25, -0.2) is 0 Å². The molecule has 0 radical (unpaired) electrons. The number of rotatable bonds is 4. The van der Waals surface area contributed by atoms with Gasteiger partial charge >= 0.3 is 0 Å². The second kappa shape index (κ2) is 4.85. The molecule has 0 saturated heterocycles. The number of aromatic nitrogens is 1. The maximum atomic E-state index is 9.61. The molecule has 1 N–H and O–H groups in total. The molecule has 2 heterocycles. The average Bonchev–Trinajstić information content (AvgIpc) is 2.87. The van der Waals surface area contributed by atoms with Gasteiger partial charge in [-0.2, -0.15) is 0 Å². The van der Waals surface area contributed by atoms with Crippen molar-refractivity contribution < 1.29 is 5.11 Å². The van der Waals surface area contributed by atoms with Gasteiger partial charge in [0.1, 0.15) is 0 Å². The molecule has 2 rings (SSSR count). The van der Waals surface area contributed by atoms with Gasteiger partial charge in [0, 0.05) is 21.6 Å². The van der Waals surface area contributed by atoms with Crippen molar-refractivity contribution in [3.63, 3.8) is 0 Å². The molecule has 0 bridgehead atoms. The van der Waals surface area contributed by atoms with Crippen molar-refractivity contribution >= 4 is 11.3 Å². The molecule has 0 fully saturated rings. The van der Waals surface area contributed by atoms with E-state index >= 15 is 0 Å². The molecule has 0 spiro atoms. The van der Waals surface area contributed by atoms with E-state index in [2.05, 4.69) is 23.6 Å². The number of hydrogen-bond acceptors (Lipinski definition) is 2. The summed E-state index contributed by atoms with van der Waals surface area (Å²) in [5.74, 6) is 0. The first-order chi connectivity index (χ1) is 7.70. The zero-order valence-electron chi connectivity index (χ0n) is 9.68. The Morgan fingerprint density at radius 2 is 2.06 bits per heavy atom. The molecule has 2 aromatic rings. The highest BCUT2D eigenvalue weighted by atomic mass is 32.1. The van der Waals surface area contributed by atoms with Crippen molar-refractivity contribution in [2.75, 3.05) is 0 Å². The minimum atomic E-state index is -0.402. The fourth-order valence-corrected chi connectivity index (χ4v) is 2.77. The van der Waals surface area contributed by atoms with Crippen LogP contribution in [0, 0.1) is 0 Å². The zero-order valence-corrected chi connectivity index (χ0v) is 10.5. The molecule has 3 heteroatoms. The van der Waals surface area contributed by atoms with Gasteiger partial charge in [0.05, 0.1) is 12.6 Å². The Morgan fingerprint density at radius 3 is 2.69 bits per heavy atom. The topological polar surface area (TPSA) is 25.2 Å². The highest BCUT2D eigenvalue weighted by Crippen LogP contribution is 2.20. The molecule has 86 valence electrons. The Bertz CT molecular complexity index is 456. The molecule has 1 unspecified atom stereocenters. The van der Waals surface area contributed by atoms with Crippen molar-refractivity contribution in [1.82, 2.24) is 4.57 Å². The van der Waals surface area contributed by atoms with Crippen LogP contribution >= 0.6 is 11.3 Å². The van der Waals surface area contributed by atoms with E-state index in [-0.39, 0.29) is 0 Å². The lowest BCUT2D eigenvalue weighted by Crippen LogP contribution is -2.04. The normalized spacial score (nSPS) is 12.9. The molecule has 16 heavy (non-hydrogen) atoms. The molecule has 0 aliphatic rings. The van der Waals surface area contributed by atoms with Crippen molar-refractivity contribution in [3.05, 3.63) is 45.9 Å². The van der Waals surface area contributed by atoms with Crippen molar-refractivity contribution in [2.24, 2.45) is 0 Å². The van der Waals surface area contributed by atoms with Gasteiger partial charge in [-0.05, 0) is 37.6 Å². The van der Waals surface area contributed by atoms with Crippen LogP contribution in [0.4, 0.5) is 0 Å². The standard InChI is InChI=1S/C13H17NOS/c1-3-11-6-7-12(16-11)9-14-8-4-5-13(14)10(2)15/h4-8,10,15H,3,9H2,1-2H3. The summed E-state index contributed by atoms with van der Waals surface area (Å²) in [6.07, 6.45) is 2.72. The van der Waals surface area contributed by atoms with Gasteiger partial charge in [0.2, 0.25) is 0 Å². The lowest BCUT2D eigenvalue weighted by atomic mass is 10.3. The number of aliphatic hydroxyl groups excluding tert-OH is 1. The zero-order chi connectivity index (χ0) is 11.5. The van der Waals surface area contributed by atoms with Crippen LogP contribution in [0.3, 0.4) is 0 Å². The van der Waals surface area contributed by atoms with Crippen LogP contribution in [0.25, 0.3) is 0 Å². The average molecular weight is 235 g/mol. The summed E-state index contributed by atoms with van der Waals surface area (Å²) in [4.78, 5) is 2.76. The Balaban J connectivity index is 2.17. The first-order valence-corrected chi connectivity index (χ1v) is 6.43. The van der Waals surface area contributed by atoms with Crippen LogP contribution in [0.1, 0.15) is 35.4 Å². The summed E-state index contributed by atoms with van der Waals surface area (Å²) in [5, 5.41) is 9.61. The van der Waals surface area contributed by atoms with Crippen LogP contribution in [0.5, 0.6) is 0 Å². The fourth-order valence-electron chi connectivity index (χ4n) is 1.82. The van der Waals surface area contributed by atoms with Gasteiger partial charge in [-0.15, -0.1) is 11.3 Å². The predicted molar refractivity (Wildman–Crippen MR) is 67.9 cm³/mol. The summed E-state index contributed by atoms with van der Waals surface area (Å²) in [6.45, 7) is 4.84. The third-order valence-corrected chi connectivity index (χ3v) is 3.90. The highest BCUT2D eigenvalue weighted by molar-refractivity contribution is 7.11. The third-order valence-electron chi connectivity index (χ3n) is 2.68. The molecule has 0 amide bonds. The van der Waals surface area contributed by atoms with Crippen LogP contribution in [0.15, 0.2) is 30.5 Å². The largest absolute Gasteiger partial charge is 0.387 e. The first-order valence-electron chi connectivity index (χ1n) is 5.61. The minimum Gasteiger partial charge on any atom is -0.387 e. The van der Waals surface area contributed by atoms with Crippen LogP contribution < -0.4 is 0 Å². The number of aryl methyl sites for hydroxylation is 1. The molecule has 2 aromatic heterocycles. The third kappa shape index (κ3) is 2.36. The summed E-state index contributed by atoms with van der Waals surface area (Å²) in [5.41, 5.74) is 0.978. The summed E-state index contributed by atoms with van der Waals surface area (Å²) < 4.78 is 2.11. The van der Waals surface area contributed by atoms with Gasteiger partial charge in [0.25, 0.3) is 0 Å². The molecule has 0 aliphatic heterocycles. The smallest absolute Gasteiger partial charge is 0.0911 e. The van der Waals surface area contributed by atoms with E-state index in [0.29, 0.717) is 0 Å². The van der Waals surface area contributed by atoms with Gasteiger partial charge in [0.15, 0.2) is 0 Å². The van der Waals surface area contributed by atoms with Crippen molar-refractivity contribution in [1.29, 1.82) is 0 Å². The summed E-state index contributed by atoms with van der Waals surface area (Å²) >= 11 is 1.85. The molecular weight excluding hydrogens is 218 g/mol. The predicted octanol–water partition coefficient (Wildman–Crippen LogP) is 3.21. The van der Waals surface area contributed by atoms with Crippen molar-refractivity contribution in [3.8, 4) is 0 Å². The van der Waals surface area contributed by atoms with E-state index < -0.39 is 6.10 Å². The molecular formula is C13H17NOS. The quantitative estimate of drug-likeness (QED) is 0.865. The van der Waals surface area contributed by atoms with E-state index in [9.17, 15) is 5.11 Å². The Kier molecular flexibility index (Phi) is 3.46. The fraction of sp³-hybridized carbons (Fsp3) is 0.385. The molecule has 1 atom stereocenters. The molecule has 0 aromatic carbocycles. The Labute approximate surface area is 100 Å². The SMILES string of the molecule is CCc1ccc(Cn2cccc2C(C)O)s1. The number of aliphatic hydroxyl groups is 1. The number of thiophene rings is 1. The minimum absolute atomic E-state index is 0.402. The van der Waals surface area contributed by atoms with E-state index in [0.717, 1.165) is 18.7 Å². The number of nitrogens with zero attached hydrogens (tertiary/aromatic N) is 1. The van der Waals surface area contributed by atoms with Gasteiger partial charge < -0.3 is 9.67 Å². The van der Waals surface area contributed by atoms with Crippen molar-refractivity contribution in [2.45, 2.75) is 32.9 Å². The maximum absolute atomic E-state index is 9.61. The summed E-state index contributed by atoms with van der Waals surface area (Å²) in [6, 6.07) is 8.32. The highest BCUT2D eigenvalue weighted by Gasteiger charge is 2.07. The van der Waals surface area contributed by atoms with Crippen LogP contribution in [0.2, 0.25) is 0 Å². The summed E-state index contributed by atoms with van der Waals surface area (Å²) in [7, 11) is 0. The molecule has 0 saturated carbocycles. The lowest BCUT2D eigenvalue weighted by Gasteiger charge is -2.09. The first kappa shape index (κ1) is 11.4. The second-order valence-corrected chi connectivity index (χ2v) is 5.21. The maximum Gasteiger partial charge on any atom is 0.0911 e. The van der Waals surface area contributed by atoms with E-state index in [1.165, 1.54) is 9.75 Å². The molecule has 2 nitrogen and oxygen atoms in total. The van der Waals surface area contributed by atoms with Gasteiger partial charge in [-0.3, -0.25) is 0 Å². The number of hydrogen-bond donors (Lipinski definition) is 1. The Morgan fingerprint density at radius 1 is 1.31 bits per heavy atom. The van der Waals surface area contributed by atoms with Crippen LogP contribution in [-0.2, 0) is 13.0 Å². The van der Waals surface area contributed by atoms with Crippen LogP contribution in [-0.4, -0.2) is 9.67 Å². The molecule has 0 aliphatic carbocycles. The Hall–Kier alpha value is -1.06. The van der Waals surface area contributed by atoms with E-state index in [4.69, 9.17) is 0 Å². The van der Waals surface area contributed by atoms with E-state index in [1.54, 1.807) is 6.92 Å². The van der Waals surface area contributed by atoms with Gasteiger partial charge in [-0.1, -0.05) is 6.92 Å².